The van der Waals surface area contributed by atoms with Gasteiger partial charge in [-0.3, -0.25) is 4.72 Å². The van der Waals surface area contributed by atoms with E-state index in [1.165, 1.54) is 31.4 Å². The normalized spacial score (nSPS) is 11.7. The molecule has 0 radical (unpaired) electrons. The molecule has 0 spiro atoms. The smallest absolute Gasteiger partial charge is 0.420 e. The summed E-state index contributed by atoms with van der Waals surface area (Å²) in [5, 5.41) is 0. The van der Waals surface area contributed by atoms with E-state index in [0.717, 1.165) is 6.07 Å². The molecule has 0 aromatic heterocycles. The number of nitrogens with two attached hydrogens (primary N) is 1. The van der Waals surface area contributed by atoms with Crippen LogP contribution in [0.1, 0.15) is 11.1 Å². The first-order valence-corrected chi connectivity index (χ1v) is 10.6. The maximum absolute atomic E-state index is 13.6. The van der Waals surface area contributed by atoms with E-state index in [1.807, 2.05) is 0 Å². The molecule has 0 saturated heterocycles. The lowest BCUT2D eigenvalue weighted by Gasteiger charge is -2.18. The highest BCUT2D eigenvalue weighted by molar-refractivity contribution is 7.91. The van der Waals surface area contributed by atoms with Gasteiger partial charge in [-0.05, 0) is 35.9 Å². The maximum Gasteiger partial charge on any atom is 0.420 e. The van der Waals surface area contributed by atoms with Gasteiger partial charge in [-0.25, -0.2) is 8.42 Å². The summed E-state index contributed by atoms with van der Waals surface area (Å²) in [5.74, 6) is -0.339. The fraction of sp³-hybridized carbons (Fsp3) is 0.143. The molecule has 3 aromatic rings. The van der Waals surface area contributed by atoms with E-state index in [4.69, 9.17) is 15.2 Å². The zero-order valence-corrected chi connectivity index (χ0v) is 17.1. The summed E-state index contributed by atoms with van der Waals surface area (Å²) in [7, 11) is -2.55. The molecule has 31 heavy (non-hydrogen) atoms. The molecule has 0 fully saturated rings. The van der Waals surface area contributed by atoms with Gasteiger partial charge in [0, 0.05) is 6.07 Å². The lowest BCUT2D eigenvalue weighted by Crippen LogP contribution is -2.17. The highest BCUT2D eigenvalue weighted by atomic mass is 32.2. The van der Waals surface area contributed by atoms with Gasteiger partial charge in [0.2, 0.25) is 10.0 Å². The van der Waals surface area contributed by atoms with E-state index in [-0.39, 0.29) is 17.1 Å². The van der Waals surface area contributed by atoms with Crippen LogP contribution in [0.25, 0.3) is 0 Å². The summed E-state index contributed by atoms with van der Waals surface area (Å²) >= 11 is 0. The minimum Gasteiger partial charge on any atom is -0.497 e. The van der Waals surface area contributed by atoms with Crippen molar-refractivity contribution < 1.29 is 31.1 Å². The lowest BCUT2D eigenvalue weighted by atomic mass is 10.1. The second-order valence-corrected chi connectivity index (χ2v) is 8.28. The summed E-state index contributed by atoms with van der Waals surface area (Å²) in [4.78, 5) is 0. The standard InChI is InChI=1S/C21H19F3N2O4S/c1-29-15-7-9-16(10-8-15)30-20-12-18(25)19(11-17(20)21(22,23)24)26-31(27,28)13-14-5-3-2-4-6-14/h2-12,26H,13,25H2,1H3. The molecule has 0 heterocycles. The SMILES string of the molecule is COc1ccc(Oc2cc(N)c(NS(=O)(=O)Cc3ccccc3)cc2C(F)(F)F)cc1. The molecule has 0 unspecified atom stereocenters. The van der Waals surface area contributed by atoms with Crippen LogP contribution >= 0.6 is 0 Å². The van der Waals surface area contributed by atoms with Gasteiger partial charge in [0.05, 0.1) is 24.2 Å². The summed E-state index contributed by atoms with van der Waals surface area (Å²) in [5.41, 5.74) is 4.55. The summed E-state index contributed by atoms with van der Waals surface area (Å²) < 4.78 is 78.3. The van der Waals surface area contributed by atoms with Crippen molar-refractivity contribution in [2.24, 2.45) is 0 Å². The number of halogens is 3. The largest absolute Gasteiger partial charge is 0.497 e. The number of sulfonamides is 1. The molecular formula is C21H19F3N2O4S. The van der Waals surface area contributed by atoms with E-state index < -0.39 is 33.3 Å². The van der Waals surface area contributed by atoms with Crippen LogP contribution in [-0.4, -0.2) is 15.5 Å². The second-order valence-electron chi connectivity index (χ2n) is 6.56. The Balaban J connectivity index is 1.92. The van der Waals surface area contributed by atoms with Crippen molar-refractivity contribution in [1.29, 1.82) is 0 Å². The lowest BCUT2D eigenvalue weighted by molar-refractivity contribution is -0.138. The maximum atomic E-state index is 13.6. The van der Waals surface area contributed by atoms with Crippen LogP contribution in [0.4, 0.5) is 24.5 Å². The molecule has 0 aliphatic carbocycles. The summed E-state index contributed by atoms with van der Waals surface area (Å²) in [6.45, 7) is 0. The van der Waals surface area contributed by atoms with Gasteiger partial charge in [-0.1, -0.05) is 30.3 Å². The molecule has 0 atom stereocenters. The zero-order valence-electron chi connectivity index (χ0n) is 16.3. The van der Waals surface area contributed by atoms with Gasteiger partial charge in [0.25, 0.3) is 0 Å². The van der Waals surface area contributed by atoms with Crippen molar-refractivity contribution in [3.05, 3.63) is 77.9 Å². The average molecular weight is 452 g/mol. The highest BCUT2D eigenvalue weighted by Crippen LogP contribution is 2.42. The van der Waals surface area contributed by atoms with Gasteiger partial charge < -0.3 is 15.2 Å². The first kappa shape index (κ1) is 22.3. The number of nitrogens with one attached hydrogen (secondary N) is 1. The van der Waals surface area contributed by atoms with Crippen LogP contribution in [0.15, 0.2) is 66.7 Å². The highest BCUT2D eigenvalue weighted by Gasteiger charge is 2.36. The van der Waals surface area contributed by atoms with Crippen molar-refractivity contribution >= 4 is 21.4 Å². The van der Waals surface area contributed by atoms with Crippen molar-refractivity contribution in [2.45, 2.75) is 11.9 Å². The molecule has 0 amide bonds. The number of nitrogen functional groups attached to an aromatic ring is 1. The van der Waals surface area contributed by atoms with Gasteiger partial charge in [0.1, 0.15) is 22.8 Å². The Morgan fingerprint density at radius 1 is 0.968 bits per heavy atom. The monoisotopic (exact) mass is 452 g/mol. The van der Waals surface area contributed by atoms with Gasteiger partial charge >= 0.3 is 6.18 Å². The Labute approximate surface area is 177 Å². The number of anilines is 2. The van der Waals surface area contributed by atoms with Crippen molar-refractivity contribution in [3.63, 3.8) is 0 Å². The molecule has 6 nitrogen and oxygen atoms in total. The number of benzene rings is 3. The van der Waals surface area contributed by atoms with Crippen LogP contribution < -0.4 is 19.9 Å². The van der Waals surface area contributed by atoms with Crippen molar-refractivity contribution in [2.75, 3.05) is 17.6 Å². The quantitative estimate of drug-likeness (QED) is 0.491. The van der Waals surface area contributed by atoms with E-state index in [1.54, 1.807) is 30.3 Å². The molecule has 3 aromatic carbocycles. The molecule has 164 valence electrons. The zero-order chi connectivity index (χ0) is 22.6. The van der Waals surface area contributed by atoms with Crippen molar-refractivity contribution in [1.82, 2.24) is 0 Å². The number of hydrogen-bond acceptors (Lipinski definition) is 5. The molecule has 0 bridgehead atoms. The molecule has 10 heteroatoms. The topological polar surface area (TPSA) is 90.7 Å². The third-order valence-corrected chi connectivity index (χ3v) is 5.45. The number of hydrogen-bond donors (Lipinski definition) is 2. The second kappa shape index (κ2) is 8.76. The Bertz CT molecular complexity index is 1150. The van der Waals surface area contributed by atoms with Gasteiger partial charge in [0.15, 0.2) is 0 Å². The summed E-state index contributed by atoms with van der Waals surface area (Å²) in [6.07, 6.45) is -4.81. The minimum absolute atomic E-state index is 0.128. The van der Waals surface area contributed by atoms with Gasteiger partial charge in [-0.15, -0.1) is 0 Å². The number of ether oxygens (including phenoxy) is 2. The van der Waals surface area contributed by atoms with E-state index in [0.29, 0.717) is 17.4 Å². The van der Waals surface area contributed by atoms with Crippen LogP contribution in [0, 0.1) is 0 Å². The van der Waals surface area contributed by atoms with Crippen LogP contribution in [0.5, 0.6) is 17.2 Å². The number of alkyl halides is 3. The molecular weight excluding hydrogens is 433 g/mol. The fourth-order valence-corrected chi connectivity index (χ4v) is 3.97. The third kappa shape index (κ3) is 5.82. The van der Waals surface area contributed by atoms with Gasteiger partial charge in [-0.2, -0.15) is 13.2 Å². The Morgan fingerprint density at radius 3 is 2.16 bits per heavy atom. The number of methoxy groups -OCH3 is 1. The Kier molecular flexibility index (Phi) is 6.30. The minimum atomic E-state index is -4.81. The first-order chi connectivity index (χ1) is 14.6. The van der Waals surface area contributed by atoms with E-state index in [2.05, 4.69) is 4.72 Å². The molecule has 0 aliphatic heterocycles. The Hall–Kier alpha value is -3.40. The molecule has 0 saturated carbocycles. The number of rotatable bonds is 7. The third-order valence-electron chi connectivity index (χ3n) is 4.21. The van der Waals surface area contributed by atoms with Crippen molar-refractivity contribution in [3.8, 4) is 17.2 Å². The molecule has 3 N–H and O–H groups in total. The van der Waals surface area contributed by atoms with Crippen LogP contribution in [0.2, 0.25) is 0 Å². The predicted octanol–water partition coefficient (Wildman–Crippen LogP) is 5.03. The van der Waals surface area contributed by atoms with E-state index >= 15 is 0 Å². The fourth-order valence-electron chi connectivity index (χ4n) is 2.76. The molecule has 0 aliphatic rings. The molecule has 3 rings (SSSR count). The first-order valence-electron chi connectivity index (χ1n) is 8.94. The van der Waals surface area contributed by atoms with Crippen LogP contribution in [0.3, 0.4) is 0 Å². The summed E-state index contributed by atoms with van der Waals surface area (Å²) in [6, 6.07) is 15.7. The Morgan fingerprint density at radius 2 is 1.58 bits per heavy atom. The van der Waals surface area contributed by atoms with Crippen LogP contribution in [-0.2, 0) is 22.0 Å². The average Bonchev–Trinajstić information content (AvgIpc) is 2.70. The van der Waals surface area contributed by atoms with E-state index in [9.17, 15) is 21.6 Å². The predicted molar refractivity (Wildman–Crippen MR) is 112 cm³/mol.